The average Bonchev–Trinajstić information content (AvgIpc) is 2.71. The normalized spacial score (nSPS) is 12.7. The molecule has 1 unspecified atom stereocenters. The Bertz CT molecular complexity index is 529. The van der Waals surface area contributed by atoms with E-state index in [0.717, 1.165) is 14.9 Å². The minimum atomic E-state index is -0.278. The summed E-state index contributed by atoms with van der Waals surface area (Å²) < 4.78 is 14.3. The molecule has 90 valence electrons. The molecule has 0 fully saturated rings. The Morgan fingerprint density at radius 1 is 1.41 bits per heavy atom. The van der Waals surface area contributed by atoms with Gasteiger partial charge in [0.2, 0.25) is 0 Å². The Hall–Kier alpha value is -0.420. The highest BCUT2D eigenvalue weighted by Gasteiger charge is 2.17. The molecule has 1 nitrogen and oxygen atoms in total. The molecule has 1 aromatic heterocycles. The maximum Gasteiger partial charge on any atom is 0.123 e. The number of thiophene rings is 1. The molecular weight excluding hydrogens is 325 g/mol. The van der Waals surface area contributed by atoms with Gasteiger partial charge >= 0.3 is 0 Å². The van der Waals surface area contributed by atoms with Crippen molar-refractivity contribution < 1.29 is 4.39 Å². The molecule has 0 saturated carbocycles. The van der Waals surface area contributed by atoms with Crippen LogP contribution in [0.2, 0.25) is 5.02 Å². The van der Waals surface area contributed by atoms with Crippen LogP contribution in [0.3, 0.4) is 0 Å². The van der Waals surface area contributed by atoms with Crippen LogP contribution in [0, 0.1) is 5.82 Å². The Kier molecular flexibility index (Phi) is 4.20. The van der Waals surface area contributed by atoms with Gasteiger partial charge in [-0.3, -0.25) is 0 Å². The number of hydrogen-bond acceptors (Lipinski definition) is 2. The number of nitrogens with one attached hydrogen (secondary N) is 1. The van der Waals surface area contributed by atoms with Crippen molar-refractivity contribution in [2.24, 2.45) is 0 Å². The fraction of sp³-hybridized carbons (Fsp3) is 0.167. The summed E-state index contributed by atoms with van der Waals surface area (Å²) in [6, 6.07) is 6.33. The van der Waals surface area contributed by atoms with Crippen molar-refractivity contribution in [1.29, 1.82) is 0 Å². The van der Waals surface area contributed by atoms with Crippen molar-refractivity contribution in [3.05, 3.63) is 55.4 Å². The van der Waals surface area contributed by atoms with Crippen LogP contribution in [0.25, 0.3) is 0 Å². The summed E-state index contributed by atoms with van der Waals surface area (Å²) in [4.78, 5) is 1.09. The zero-order valence-electron chi connectivity index (χ0n) is 9.01. The minimum Gasteiger partial charge on any atom is -0.309 e. The van der Waals surface area contributed by atoms with E-state index in [1.807, 2.05) is 18.5 Å². The zero-order chi connectivity index (χ0) is 12.4. The van der Waals surface area contributed by atoms with E-state index >= 15 is 0 Å². The van der Waals surface area contributed by atoms with Gasteiger partial charge in [0.15, 0.2) is 0 Å². The molecule has 1 heterocycles. The minimum absolute atomic E-state index is 0.0884. The zero-order valence-corrected chi connectivity index (χ0v) is 12.2. The van der Waals surface area contributed by atoms with E-state index in [0.29, 0.717) is 5.02 Å². The summed E-state index contributed by atoms with van der Waals surface area (Å²) in [6.45, 7) is 0. The lowest BCUT2D eigenvalue weighted by Crippen LogP contribution is -2.17. The predicted molar refractivity (Wildman–Crippen MR) is 74.3 cm³/mol. The molecule has 0 aliphatic heterocycles. The lowest BCUT2D eigenvalue weighted by molar-refractivity contribution is 0.618. The summed E-state index contributed by atoms with van der Waals surface area (Å²) in [5.41, 5.74) is 0.753. The van der Waals surface area contributed by atoms with E-state index < -0.39 is 0 Å². The van der Waals surface area contributed by atoms with Gasteiger partial charge in [-0.2, -0.15) is 0 Å². The number of benzene rings is 1. The molecule has 2 aromatic rings. The monoisotopic (exact) mass is 333 g/mol. The van der Waals surface area contributed by atoms with E-state index in [9.17, 15) is 4.39 Å². The van der Waals surface area contributed by atoms with Crippen LogP contribution >= 0.6 is 38.9 Å². The second kappa shape index (κ2) is 5.48. The van der Waals surface area contributed by atoms with E-state index in [1.54, 1.807) is 17.4 Å². The lowest BCUT2D eigenvalue weighted by Gasteiger charge is -2.16. The average molecular weight is 335 g/mol. The standard InChI is InChI=1S/C12H10BrClFNS/c1-16-12(11-4-7(13)6-17-11)9-5-8(15)2-3-10(9)14/h2-6,12,16H,1H3. The van der Waals surface area contributed by atoms with Crippen molar-refractivity contribution >= 4 is 38.9 Å². The Balaban J connectivity index is 2.45. The van der Waals surface area contributed by atoms with Crippen LogP contribution in [0.15, 0.2) is 34.1 Å². The van der Waals surface area contributed by atoms with E-state index in [4.69, 9.17) is 11.6 Å². The molecule has 0 amide bonds. The van der Waals surface area contributed by atoms with Gasteiger partial charge < -0.3 is 5.32 Å². The van der Waals surface area contributed by atoms with Crippen LogP contribution in [0.4, 0.5) is 4.39 Å². The van der Waals surface area contributed by atoms with Gasteiger partial charge in [-0.1, -0.05) is 11.6 Å². The summed E-state index contributed by atoms with van der Waals surface area (Å²) in [6.07, 6.45) is 0. The Morgan fingerprint density at radius 2 is 2.18 bits per heavy atom. The summed E-state index contributed by atoms with van der Waals surface area (Å²) >= 11 is 11.1. The molecule has 0 bridgehead atoms. The molecule has 0 saturated heterocycles. The molecule has 1 aromatic carbocycles. The molecule has 1 atom stereocenters. The van der Waals surface area contributed by atoms with Crippen molar-refractivity contribution in [3.63, 3.8) is 0 Å². The SMILES string of the molecule is CNC(c1cc(Br)cs1)c1cc(F)ccc1Cl. The van der Waals surface area contributed by atoms with Crippen LogP contribution in [-0.2, 0) is 0 Å². The third-order valence-corrected chi connectivity index (χ3v) is 4.53. The first kappa shape index (κ1) is 13.0. The molecule has 0 radical (unpaired) electrons. The summed E-state index contributed by atoms with van der Waals surface area (Å²) in [7, 11) is 1.83. The van der Waals surface area contributed by atoms with E-state index in [-0.39, 0.29) is 11.9 Å². The predicted octanol–water partition coefficient (Wildman–Crippen LogP) is 4.61. The maximum absolute atomic E-state index is 13.3. The molecular formula is C12H10BrClFNS. The molecule has 0 aliphatic carbocycles. The van der Waals surface area contributed by atoms with Gasteiger partial charge in [-0.05, 0) is 52.8 Å². The quantitative estimate of drug-likeness (QED) is 0.864. The van der Waals surface area contributed by atoms with E-state index in [2.05, 4.69) is 21.2 Å². The van der Waals surface area contributed by atoms with Crippen LogP contribution in [0.5, 0.6) is 0 Å². The van der Waals surface area contributed by atoms with E-state index in [1.165, 1.54) is 12.1 Å². The van der Waals surface area contributed by atoms with Gasteiger partial charge in [0, 0.05) is 19.8 Å². The largest absolute Gasteiger partial charge is 0.309 e. The topological polar surface area (TPSA) is 12.0 Å². The highest BCUT2D eigenvalue weighted by Crippen LogP contribution is 2.33. The van der Waals surface area contributed by atoms with Crippen LogP contribution < -0.4 is 5.32 Å². The third-order valence-electron chi connectivity index (χ3n) is 2.43. The van der Waals surface area contributed by atoms with Gasteiger partial charge in [0.1, 0.15) is 5.82 Å². The number of hydrogen-bond donors (Lipinski definition) is 1. The van der Waals surface area contributed by atoms with Crippen molar-refractivity contribution in [2.75, 3.05) is 7.05 Å². The Labute approximate surface area is 117 Å². The second-order valence-corrected chi connectivity index (χ2v) is 5.82. The summed E-state index contributed by atoms with van der Waals surface area (Å²) in [5.74, 6) is -0.278. The van der Waals surface area contributed by atoms with Crippen molar-refractivity contribution in [3.8, 4) is 0 Å². The first-order valence-corrected chi connectivity index (χ1v) is 7.03. The molecule has 0 spiro atoms. The smallest absolute Gasteiger partial charge is 0.123 e. The number of rotatable bonds is 3. The van der Waals surface area contributed by atoms with Gasteiger partial charge in [0.25, 0.3) is 0 Å². The van der Waals surface area contributed by atoms with Crippen molar-refractivity contribution in [1.82, 2.24) is 5.32 Å². The first-order valence-electron chi connectivity index (χ1n) is 4.98. The van der Waals surface area contributed by atoms with Crippen molar-refractivity contribution in [2.45, 2.75) is 6.04 Å². The third kappa shape index (κ3) is 2.88. The van der Waals surface area contributed by atoms with Gasteiger partial charge in [0.05, 0.1) is 6.04 Å². The molecule has 1 N–H and O–H groups in total. The Morgan fingerprint density at radius 3 is 2.76 bits per heavy atom. The highest BCUT2D eigenvalue weighted by molar-refractivity contribution is 9.10. The number of halogens is 3. The fourth-order valence-corrected chi connectivity index (χ4v) is 3.46. The highest BCUT2D eigenvalue weighted by atomic mass is 79.9. The lowest BCUT2D eigenvalue weighted by atomic mass is 10.1. The van der Waals surface area contributed by atoms with Gasteiger partial charge in [-0.15, -0.1) is 11.3 Å². The molecule has 2 rings (SSSR count). The molecule has 17 heavy (non-hydrogen) atoms. The van der Waals surface area contributed by atoms with Gasteiger partial charge in [-0.25, -0.2) is 4.39 Å². The van der Waals surface area contributed by atoms with Crippen LogP contribution in [0.1, 0.15) is 16.5 Å². The first-order chi connectivity index (χ1) is 8.11. The van der Waals surface area contributed by atoms with Crippen LogP contribution in [-0.4, -0.2) is 7.05 Å². The second-order valence-electron chi connectivity index (χ2n) is 3.55. The molecule has 5 heteroatoms. The fourth-order valence-electron chi connectivity index (χ4n) is 1.67. The summed E-state index contributed by atoms with van der Waals surface area (Å²) in [5, 5.41) is 5.71. The molecule has 0 aliphatic rings. The maximum atomic E-state index is 13.3.